The van der Waals surface area contributed by atoms with Crippen LogP contribution in [0.5, 0.6) is 0 Å². The molecule has 0 aliphatic rings. The smallest absolute Gasteiger partial charge is 0.191 e. The molecule has 0 aliphatic heterocycles. The number of hydrogen-bond donors (Lipinski definition) is 2. The SMILES string of the molecule is CCNC(=NCCc1ccc(Cl)cc1)NCCn1cc(C)cn1. The lowest BCUT2D eigenvalue weighted by atomic mass is 10.1. The van der Waals surface area contributed by atoms with Gasteiger partial charge < -0.3 is 10.6 Å². The van der Waals surface area contributed by atoms with Crippen molar-refractivity contribution in [1.82, 2.24) is 20.4 Å². The summed E-state index contributed by atoms with van der Waals surface area (Å²) in [5.41, 5.74) is 2.41. The Bertz CT molecular complexity index is 618. The minimum absolute atomic E-state index is 0.734. The van der Waals surface area contributed by atoms with Crippen LogP contribution in [-0.2, 0) is 13.0 Å². The summed E-state index contributed by atoms with van der Waals surface area (Å²) >= 11 is 5.89. The van der Waals surface area contributed by atoms with Crippen LogP contribution in [-0.4, -0.2) is 35.4 Å². The van der Waals surface area contributed by atoms with Crippen molar-refractivity contribution in [2.75, 3.05) is 19.6 Å². The summed E-state index contributed by atoms with van der Waals surface area (Å²) in [6, 6.07) is 7.91. The lowest BCUT2D eigenvalue weighted by molar-refractivity contribution is 0.597. The van der Waals surface area contributed by atoms with Gasteiger partial charge >= 0.3 is 0 Å². The second-order valence-electron chi connectivity index (χ2n) is 5.34. The van der Waals surface area contributed by atoms with Crippen LogP contribution in [0, 0.1) is 6.92 Å². The summed E-state index contributed by atoms with van der Waals surface area (Å²) in [7, 11) is 0. The maximum Gasteiger partial charge on any atom is 0.191 e. The van der Waals surface area contributed by atoms with E-state index in [9.17, 15) is 0 Å². The number of nitrogens with zero attached hydrogens (tertiary/aromatic N) is 3. The van der Waals surface area contributed by atoms with E-state index < -0.39 is 0 Å². The van der Waals surface area contributed by atoms with Gasteiger partial charge in [-0.05, 0) is 43.5 Å². The Hall–Kier alpha value is -2.01. The molecule has 0 atom stereocenters. The first-order valence-electron chi connectivity index (χ1n) is 7.93. The van der Waals surface area contributed by atoms with Crippen molar-refractivity contribution in [2.24, 2.45) is 4.99 Å². The molecular formula is C17H24ClN5. The summed E-state index contributed by atoms with van der Waals surface area (Å²) in [5, 5.41) is 11.6. The van der Waals surface area contributed by atoms with E-state index >= 15 is 0 Å². The first kappa shape index (κ1) is 17.3. The Morgan fingerprint density at radius 3 is 2.70 bits per heavy atom. The quantitative estimate of drug-likeness (QED) is 0.605. The van der Waals surface area contributed by atoms with Crippen LogP contribution >= 0.6 is 11.6 Å². The highest BCUT2D eigenvalue weighted by molar-refractivity contribution is 6.30. The largest absolute Gasteiger partial charge is 0.357 e. The molecule has 0 spiro atoms. The van der Waals surface area contributed by atoms with Crippen molar-refractivity contribution in [3.8, 4) is 0 Å². The van der Waals surface area contributed by atoms with Crippen LogP contribution < -0.4 is 10.6 Å². The van der Waals surface area contributed by atoms with E-state index in [-0.39, 0.29) is 0 Å². The molecule has 0 bridgehead atoms. The molecule has 6 heteroatoms. The first-order valence-corrected chi connectivity index (χ1v) is 8.31. The van der Waals surface area contributed by atoms with Gasteiger partial charge in [0.1, 0.15) is 0 Å². The zero-order valence-corrected chi connectivity index (χ0v) is 14.5. The normalized spacial score (nSPS) is 11.5. The number of aliphatic imine (C=N–C) groups is 1. The minimum atomic E-state index is 0.734. The van der Waals surface area contributed by atoms with Gasteiger partial charge in [0.2, 0.25) is 0 Å². The molecule has 0 aliphatic carbocycles. The van der Waals surface area contributed by atoms with Crippen LogP contribution in [0.15, 0.2) is 41.7 Å². The fourth-order valence-corrected chi connectivity index (χ4v) is 2.29. The lowest BCUT2D eigenvalue weighted by Gasteiger charge is -2.11. The van der Waals surface area contributed by atoms with E-state index in [1.165, 1.54) is 11.1 Å². The molecule has 124 valence electrons. The molecule has 5 nitrogen and oxygen atoms in total. The van der Waals surface area contributed by atoms with Crippen LogP contribution in [0.3, 0.4) is 0 Å². The molecular weight excluding hydrogens is 310 g/mol. The van der Waals surface area contributed by atoms with Crippen LogP contribution in [0.25, 0.3) is 0 Å². The van der Waals surface area contributed by atoms with Crippen molar-refractivity contribution in [3.63, 3.8) is 0 Å². The molecule has 23 heavy (non-hydrogen) atoms. The molecule has 1 heterocycles. The van der Waals surface area contributed by atoms with Gasteiger partial charge in [-0.1, -0.05) is 23.7 Å². The average molecular weight is 334 g/mol. The number of aryl methyl sites for hydroxylation is 1. The Morgan fingerprint density at radius 1 is 1.26 bits per heavy atom. The molecule has 2 N–H and O–H groups in total. The van der Waals surface area contributed by atoms with Crippen molar-refractivity contribution < 1.29 is 0 Å². The van der Waals surface area contributed by atoms with Gasteiger partial charge in [0.25, 0.3) is 0 Å². The number of hydrogen-bond acceptors (Lipinski definition) is 2. The molecule has 2 rings (SSSR count). The van der Waals surface area contributed by atoms with E-state index in [1.807, 2.05) is 48.3 Å². The number of rotatable bonds is 7. The predicted octanol–water partition coefficient (Wildman–Crippen LogP) is 2.64. The van der Waals surface area contributed by atoms with Crippen molar-refractivity contribution in [3.05, 3.63) is 52.8 Å². The first-order chi connectivity index (χ1) is 11.2. The fraction of sp³-hybridized carbons (Fsp3) is 0.412. The van der Waals surface area contributed by atoms with Gasteiger partial charge in [0.05, 0.1) is 12.7 Å². The average Bonchev–Trinajstić information content (AvgIpc) is 2.95. The van der Waals surface area contributed by atoms with Gasteiger partial charge in [0, 0.05) is 30.9 Å². The van der Waals surface area contributed by atoms with Crippen molar-refractivity contribution in [1.29, 1.82) is 0 Å². The zero-order chi connectivity index (χ0) is 16.5. The Labute approximate surface area is 142 Å². The highest BCUT2D eigenvalue weighted by Crippen LogP contribution is 2.09. The molecule has 0 amide bonds. The van der Waals surface area contributed by atoms with E-state index in [0.717, 1.165) is 43.6 Å². The minimum Gasteiger partial charge on any atom is -0.357 e. The lowest BCUT2D eigenvalue weighted by Crippen LogP contribution is -2.39. The van der Waals surface area contributed by atoms with Gasteiger partial charge in [-0.2, -0.15) is 5.10 Å². The van der Waals surface area contributed by atoms with E-state index in [0.29, 0.717) is 0 Å². The molecule has 0 saturated heterocycles. The molecule has 0 radical (unpaired) electrons. The van der Waals surface area contributed by atoms with Gasteiger partial charge in [-0.25, -0.2) is 0 Å². The van der Waals surface area contributed by atoms with Gasteiger partial charge in [-0.3, -0.25) is 9.67 Å². The molecule has 0 fully saturated rings. The van der Waals surface area contributed by atoms with Gasteiger partial charge in [0.15, 0.2) is 5.96 Å². The van der Waals surface area contributed by atoms with Crippen LogP contribution in [0.1, 0.15) is 18.1 Å². The highest BCUT2D eigenvalue weighted by atomic mass is 35.5. The second-order valence-corrected chi connectivity index (χ2v) is 5.78. The summed E-state index contributed by atoms with van der Waals surface area (Å²) in [6.45, 7) is 7.28. The topological polar surface area (TPSA) is 54.2 Å². The Balaban J connectivity index is 1.78. The number of benzene rings is 1. The van der Waals surface area contributed by atoms with Crippen LogP contribution in [0.4, 0.5) is 0 Å². The summed E-state index contributed by atoms with van der Waals surface area (Å²) in [6.07, 6.45) is 4.80. The highest BCUT2D eigenvalue weighted by Gasteiger charge is 1.99. The van der Waals surface area contributed by atoms with Crippen molar-refractivity contribution >= 4 is 17.6 Å². The maximum absolute atomic E-state index is 5.89. The predicted molar refractivity (Wildman–Crippen MR) is 96.1 cm³/mol. The third-order valence-electron chi connectivity index (χ3n) is 3.32. The van der Waals surface area contributed by atoms with E-state index in [2.05, 4.69) is 27.6 Å². The fourth-order valence-electron chi connectivity index (χ4n) is 2.17. The van der Waals surface area contributed by atoms with E-state index in [1.54, 1.807) is 0 Å². The molecule has 0 saturated carbocycles. The number of guanidine groups is 1. The Kier molecular flexibility index (Phi) is 6.94. The summed E-state index contributed by atoms with van der Waals surface area (Å²) in [5.74, 6) is 0.838. The molecule has 0 unspecified atom stereocenters. The number of aromatic nitrogens is 2. The zero-order valence-electron chi connectivity index (χ0n) is 13.7. The molecule has 1 aromatic carbocycles. The maximum atomic E-state index is 5.89. The number of halogens is 1. The van der Waals surface area contributed by atoms with Gasteiger partial charge in [-0.15, -0.1) is 0 Å². The third kappa shape index (κ3) is 6.32. The third-order valence-corrected chi connectivity index (χ3v) is 3.58. The molecule has 1 aromatic heterocycles. The summed E-state index contributed by atoms with van der Waals surface area (Å²) in [4.78, 5) is 4.60. The number of nitrogens with one attached hydrogen (secondary N) is 2. The van der Waals surface area contributed by atoms with Crippen LogP contribution in [0.2, 0.25) is 5.02 Å². The standard InChI is InChI=1S/C17H24ClN5/c1-3-19-17(21-10-11-23-13-14(2)12-22-23)20-9-8-15-4-6-16(18)7-5-15/h4-7,12-13H,3,8-11H2,1-2H3,(H2,19,20,21). The second kappa shape index (κ2) is 9.20. The molecule has 2 aromatic rings. The van der Waals surface area contributed by atoms with E-state index in [4.69, 9.17) is 11.6 Å². The van der Waals surface area contributed by atoms with Crippen molar-refractivity contribution in [2.45, 2.75) is 26.8 Å². The monoisotopic (exact) mass is 333 g/mol. The Morgan fingerprint density at radius 2 is 2.04 bits per heavy atom. The summed E-state index contributed by atoms with van der Waals surface area (Å²) < 4.78 is 1.93.